The lowest BCUT2D eigenvalue weighted by atomic mass is 10.1. The number of nitrogens with two attached hydrogens (primary N) is 1. The molecule has 1 aromatic heterocycles. The number of hydrogen-bond donors (Lipinski definition) is 1. The van der Waals surface area contributed by atoms with Gasteiger partial charge in [-0.25, -0.2) is 0 Å². The van der Waals surface area contributed by atoms with Gasteiger partial charge < -0.3 is 10.5 Å². The summed E-state index contributed by atoms with van der Waals surface area (Å²) in [6, 6.07) is 13.0. The molecule has 3 nitrogen and oxygen atoms in total. The fraction of sp³-hybridized carbons (Fsp3) is 0.214. The van der Waals surface area contributed by atoms with Gasteiger partial charge in [0.2, 0.25) is 0 Å². The van der Waals surface area contributed by atoms with E-state index in [1.54, 1.807) is 29.5 Å². The van der Waals surface area contributed by atoms with Crippen LogP contribution in [0.1, 0.15) is 23.5 Å². The SMILES string of the molecule is CC(N)C(Oc1cccc(C#N)c1)c1ccc(Br)s1. The van der Waals surface area contributed by atoms with E-state index < -0.39 is 0 Å². The number of rotatable bonds is 4. The third-order valence-electron chi connectivity index (χ3n) is 2.58. The van der Waals surface area contributed by atoms with Crippen LogP contribution in [0.4, 0.5) is 0 Å². The summed E-state index contributed by atoms with van der Waals surface area (Å²) in [5.41, 5.74) is 6.57. The molecule has 2 aromatic rings. The second-order valence-electron chi connectivity index (χ2n) is 4.18. The molecule has 0 spiro atoms. The van der Waals surface area contributed by atoms with Crippen LogP contribution < -0.4 is 10.5 Å². The Bertz CT molecular complexity index is 603. The summed E-state index contributed by atoms with van der Waals surface area (Å²) in [4.78, 5) is 1.06. The first kappa shape index (κ1) is 14.1. The van der Waals surface area contributed by atoms with Crippen LogP contribution in [-0.2, 0) is 0 Å². The smallest absolute Gasteiger partial charge is 0.148 e. The monoisotopic (exact) mass is 336 g/mol. The van der Waals surface area contributed by atoms with Crippen LogP contribution in [0.25, 0.3) is 0 Å². The molecule has 0 bridgehead atoms. The fourth-order valence-electron chi connectivity index (χ4n) is 1.69. The minimum atomic E-state index is -0.217. The van der Waals surface area contributed by atoms with E-state index in [1.807, 2.05) is 25.1 Å². The van der Waals surface area contributed by atoms with Gasteiger partial charge in [-0.3, -0.25) is 0 Å². The summed E-state index contributed by atoms with van der Waals surface area (Å²) >= 11 is 5.04. The average molecular weight is 337 g/mol. The summed E-state index contributed by atoms with van der Waals surface area (Å²) < 4.78 is 6.98. The molecule has 0 aliphatic carbocycles. The van der Waals surface area contributed by atoms with Crippen LogP contribution >= 0.6 is 27.3 Å². The molecular formula is C14H13BrN2OS. The van der Waals surface area contributed by atoms with Crippen molar-refractivity contribution in [2.24, 2.45) is 5.73 Å². The minimum absolute atomic E-state index is 0.142. The zero-order valence-corrected chi connectivity index (χ0v) is 12.7. The highest BCUT2D eigenvalue weighted by Gasteiger charge is 2.20. The van der Waals surface area contributed by atoms with E-state index in [0.29, 0.717) is 11.3 Å². The van der Waals surface area contributed by atoms with Gasteiger partial charge >= 0.3 is 0 Å². The van der Waals surface area contributed by atoms with Gasteiger partial charge in [0.25, 0.3) is 0 Å². The Morgan fingerprint density at radius 1 is 1.37 bits per heavy atom. The van der Waals surface area contributed by atoms with Crippen molar-refractivity contribution in [2.75, 3.05) is 0 Å². The van der Waals surface area contributed by atoms with Gasteiger partial charge in [-0.1, -0.05) is 6.07 Å². The van der Waals surface area contributed by atoms with E-state index in [2.05, 4.69) is 22.0 Å². The van der Waals surface area contributed by atoms with E-state index in [9.17, 15) is 0 Å². The van der Waals surface area contributed by atoms with Crippen molar-refractivity contribution in [3.05, 3.63) is 50.6 Å². The summed E-state index contributed by atoms with van der Waals surface area (Å²) in [6.07, 6.45) is -0.217. The van der Waals surface area contributed by atoms with Crippen LogP contribution in [0.15, 0.2) is 40.2 Å². The summed E-state index contributed by atoms with van der Waals surface area (Å²) in [6.45, 7) is 1.91. The fourth-order valence-corrected chi connectivity index (χ4v) is 3.26. The standard InChI is InChI=1S/C14H13BrN2OS/c1-9(17)14(12-5-6-13(15)19-12)18-11-4-2-3-10(7-11)8-16/h2-7,9,14H,17H2,1H3. The maximum atomic E-state index is 8.89. The highest BCUT2D eigenvalue weighted by atomic mass is 79.9. The number of ether oxygens (including phenoxy) is 1. The molecule has 0 aliphatic rings. The normalized spacial score (nSPS) is 13.6. The minimum Gasteiger partial charge on any atom is -0.483 e. The lowest BCUT2D eigenvalue weighted by Gasteiger charge is -2.21. The Kier molecular flexibility index (Phi) is 4.59. The number of halogens is 1. The number of thiophene rings is 1. The Labute approximate surface area is 124 Å². The molecule has 5 heteroatoms. The Balaban J connectivity index is 2.24. The number of nitrogens with zero attached hydrogens (tertiary/aromatic N) is 1. The molecule has 19 heavy (non-hydrogen) atoms. The molecule has 2 atom stereocenters. The second kappa shape index (κ2) is 6.20. The van der Waals surface area contributed by atoms with Crippen LogP contribution in [0.3, 0.4) is 0 Å². The lowest BCUT2D eigenvalue weighted by Crippen LogP contribution is -2.28. The summed E-state index contributed by atoms with van der Waals surface area (Å²) in [5.74, 6) is 0.658. The first-order chi connectivity index (χ1) is 9.10. The van der Waals surface area contributed by atoms with Gasteiger partial charge in [-0.15, -0.1) is 11.3 Å². The molecule has 0 aliphatic heterocycles. The Morgan fingerprint density at radius 3 is 2.74 bits per heavy atom. The Morgan fingerprint density at radius 2 is 2.16 bits per heavy atom. The van der Waals surface area contributed by atoms with Crippen molar-refractivity contribution < 1.29 is 4.74 Å². The molecule has 98 valence electrons. The molecular weight excluding hydrogens is 324 g/mol. The van der Waals surface area contributed by atoms with Gasteiger partial charge in [0.15, 0.2) is 0 Å². The molecule has 1 heterocycles. The largest absolute Gasteiger partial charge is 0.483 e. The van der Waals surface area contributed by atoms with Crippen molar-refractivity contribution in [3.63, 3.8) is 0 Å². The van der Waals surface area contributed by atoms with E-state index in [4.69, 9.17) is 15.7 Å². The van der Waals surface area contributed by atoms with Crippen molar-refractivity contribution in [3.8, 4) is 11.8 Å². The van der Waals surface area contributed by atoms with E-state index in [0.717, 1.165) is 8.66 Å². The molecule has 0 amide bonds. The van der Waals surface area contributed by atoms with E-state index in [-0.39, 0.29) is 12.1 Å². The first-order valence-corrected chi connectivity index (χ1v) is 7.38. The quantitative estimate of drug-likeness (QED) is 0.922. The zero-order valence-electron chi connectivity index (χ0n) is 10.3. The maximum absolute atomic E-state index is 8.89. The second-order valence-corrected chi connectivity index (χ2v) is 6.67. The number of nitriles is 1. The van der Waals surface area contributed by atoms with Crippen LogP contribution in [0.5, 0.6) is 5.75 Å². The first-order valence-electron chi connectivity index (χ1n) is 5.78. The average Bonchev–Trinajstić information content (AvgIpc) is 2.82. The number of hydrogen-bond acceptors (Lipinski definition) is 4. The molecule has 2 rings (SSSR count). The van der Waals surface area contributed by atoms with Gasteiger partial charge in [0.05, 0.1) is 15.4 Å². The Hall–Kier alpha value is -1.35. The molecule has 2 unspecified atom stereocenters. The van der Waals surface area contributed by atoms with Gasteiger partial charge in [0, 0.05) is 10.9 Å². The van der Waals surface area contributed by atoms with Crippen molar-refractivity contribution >= 4 is 27.3 Å². The molecule has 2 N–H and O–H groups in total. The molecule has 1 aromatic carbocycles. The van der Waals surface area contributed by atoms with E-state index >= 15 is 0 Å². The van der Waals surface area contributed by atoms with Crippen molar-refractivity contribution in [2.45, 2.75) is 19.1 Å². The van der Waals surface area contributed by atoms with Gasteiger partial charge in [0.1, 0.15) is 11.9 Å². The summed E-state index contributed by atoms with van der Waals surface area (Å²) in [7, 11) is 0. The third kappa shape index (κ3) is 3.57. The number of benzene rings is 1. The molecule has 0 fully saturated rings. The molecule has 0 saturated heterocycles. The van der Waals surface area contributed by atoms with Crippen LogP contribution in [0.2, 0.25) is 0 Å². The van der Waals surface area contributed by atoms with Crippen molar-refractivity contribution in [1.82, 2.24) is 0 Å². The zero-order chi connectivity index (χ0) is 13.8. The van der Waals surface area contributed by atoms with Gasteiger partial charge in [-0.05, 0) is 53.2 Å². The predicted molar refractivity (Wildman–Crippen MR) is 80.2 cm³/mol. The highest BCUT2D eigenvalue weighted by molar-refractivity contribution is 9.11. The third-order valence-corrected chi connectivity index (χ3v) is 4.26. The topological polar surface area (TPSA) is 59.0 Å². The maximum Gasteiger partial charge on any atom is 0.148 e. The lowest BCUT2D eigenvalue weighted by molar-refractivity contribution is 0.184. The van der Waals surface area contributed by atoms with Crippen LogP contribution in [-0.4, -0.2) is 6.04 Å². The van der Waals surface area contributed by atoms with Crippen LogP contribution in [0, 0.1) is 11.3 Å². The highest BCUT2D eigenvalue weighted by Crippen LogP contribution is 2.32. The van der Waals surface area contributed by atoms with Gasteiger partial charge in [-0.2, -0.15) is 5.26 Å². The predicted octanol–water partition coefficient (Wildman–Crippen LogP) is 3.85. The van der Waals surface area contributed by atoms with Crippen molar-refractivity contribution in [1.29, 1.82) is 5.26 Å². The summed E-state index contributed by atoms with van der Waals surface area (Å²) in [5, 5.41) is 8.89. The molecule has 0 saturated carbocycles. The van der Waals surface area contributed by atoms with E-state index in [1.165, 1.54) is 0 Å². The molecule has 0 radical (unpaired) electrons.